The van der Waals surface area contributed by atoms with E-state index in [1.165, 1.54) is 0 Å². The number of hydrogen-bond donors (Lipinski definition) is 1. The molecule has 1 N–H and O–H groups in total. The van der Waals surface area contributed by atoms with Gasteiger partial charge in [0, 0.05) is 30.2 Å². The van der Waals surface area contributed by atoms with Gasteiger partial charge in [0.25, 0.3) is 0 Å². The van der Waals surface area contributed by atoms with E-state index in [2.05, 4.69) is 5.32 Å². The second-order valence-corrected chi connectivity index (χ2v) is 4.67. The highest BCUT2D eigenvalue weighted by Gasteiger charge is 2.29. The molecule has 0 saturated heterocycles. The highest BCUT2D eigenvalue weighted by Crippen LogP contribution is 2.29. The van der Waals surface area contributed by atoms with Gasteiger partial charge in [0.15, 0.2) is 0 Å². The maximum Gasteiger partial charge on any atom is 0.223 e. The molecule has 0 bridgehead atoms. The summed E-state index contributed by atoms with van der Waals surface area (Å²) in [7, 11) is 1.62. The number of carbonyl (C=O) groups excluding carboxylic acids is 1. The van der Waals surface area contributed by atoms with Crippen molar-refractivity contribution in [2.45, 2.75) is 18.9 Å². The summed E-state index contributed by atoms with van der Waals surface area (Å²) < 4.78 is 5.37. The summed E-state index contributed by atoms with van der Waals surface area (Å²) in [5.74, 6) is 0.345. The first kappa shape index (κ1) is 12.4. The molecule has 1 aliphatic rings. The number of ether oxygens (including phenoxy) is 1. The average molecular weight is 254 g/mol. The van der Waals surface area contributed by atoms with E-state index in [0.29, 0.717) is 11.6 Å². The van der Waals surface area contributed by atoms with Gasteiger partial charge in [-0.25, -0.2) is 0 Å². The van der Waals surface area contributed by atoms with Crippen molar-refractivity contribution in [3.63, 3.8) is 0 Å². The SMILES string of the molecule is CO[C@H](CNC(=O)C1CC1)c1ccccc1Cl. The fourth-order valence-corrected chi connectivity index (χ4v) is 2.00. The van der Waals surface area contributed by atoms with E-state index in [0.717, 1.165) is 18.4 Å². The molecule has 0 heterocycles. The maximum absolute atomic E-state index is 11.5. The lowest BCUT2D eigenvalue weighted by Crippen LogP contribution is -2.30. The molecule has 1 amide bonds. The Hall–Kier alpha value is -1.06. The zero-order valence-electron chi connectivity index (χ0n) is 9.78. The molecule has 0 spiro atoms. The topological polar surface area (TPSA) is 38.3 Å². The van der Waals surface area contributed by atoms with Crippen molar-refractivity contribution in [3.8, 4) is 0 Å². The highest BCUT2D eigenvalue weighted by atomic mass is 35.5. The van der Waals surface area contributed by atoms with Gasteiger partial charge in [0.2, 0.25) is 5.91 Å². The van der Waals surface area contributed by atoms with Crippen molar-refractivity contribution in [1.82, 2.24) is 5.32 Å². The smallest absolute Gasteiger partial charge is 0.223 e. The standard InChI is InChI=1S/C13H16ClNO2/c1-17-12(8-15-13(16)9-6-7-9)10-4-2-3-5-11(10)14/h2-5,9,12H,6-8H2,1H3,(H,15,16)/t12-/m1/s1. The number of rotatable bonds is 5. The summed E-state index contributed by atoms with van der Waals surface area (Å²) in [5, 5.41) is 3.57. The maximum atomic E-state index is 11.5. The van der Waals surface area contributed by atoms with E-state index in [9.17, 15) is 4.79 Å². The number of halogens is 1. The number of amides is 1. The zero-order chi connectivity index (χ0) is 12.3. The Balaban J connectivity index is 1.96. The third-order valence-corrected chi connectivity index (χ3v) is 3.29. The van der Waals surface area contributed by atoms with Crippen LogP contribution in [0.15, 0.2) is 24.3 Å². The summed E-state index contributed by atoms with van der Waals surface area (Å²) in [4.78, 5) is 11.5. The van der Waals surface area contributed by atoms with Crippen molar-refractivity contribution in [2.75, 3.05) is 13.7 Å². The molecule has 0 aliphatic heterocycles. The summed E-state index contributed by atoms with van der Waals surface area (Å²) in [6.07, 6.45) is 1.83. The summed E-state index contributed by atoms with van der Waals surface area (Å²) in [6.45, 7) is 0.468. The first-order valence-electron chi connectivity index (χ1n) is 5.77. The van der Waals surface area contributed by atoms with E-state index >= 15 is 0 Å². The Morgan fingerprint density at radius 3 is 2.82 bits per heavy atom. The number of nitrogens with one attached hydrogen (secondary N) is 1. The van der Waals surface area contributed by atoms with Gasteiger partial charge in [0.05, 0.1) is 0 Å². The molecule has 1 fully saturated rings. The predicted octanol–water partition coefficient (Wildman–Crippen LogP) is 2.55. The molecule has 2 rings (SSSR count). The van der Waals surface area contributed by atoms with Crippen LogP contribution in [0.5, 0.6) is 0 Å². The van der Waals surface area contributed by atoms with Crippen LogP contribution < -0.4 is 5.32 Å². The minimum atomic E-state index is -0.189. The molecule has 0 aromatic heterocycles. The second kappa shape index (κ2) is 5.52. The molecular formula is C13H16ClNO2. The van der Waals surface area contributed by atoms with Gasteiger partial charge in [-0.15, -0.1) is 0 Å². The van der Waals surface area contributed by atoms with E-state index in [-0.39, 0.29) is 17.9 Å². The Labute approximate surface area is 106 Å². The molecule has 0 unspecified atom stereocenters. The van der Waals surface area contributed by atoms with E-state index < -0.39 is 0 Å². The van der Waals surface area contributed by atoms with E-state index in [1.807, 2.05) is 24.3 Å². The summed E-state index contributed by atoms with van der Waals surface area (Å²) in [6, 6.07) is 7.53. The monoisotopic (exact) mass is 253 g/mol. The van der Waals surface area contributed by atoms with Crippen LogP contribution in [0.25, 0.3) is 0 Å². The van der Waals surface area contributed by atoms with Crippen LogP contribution in [0.2, 0.25) is 5.02 Å². The van der Waals surface area contributed by atoms with Gasteiger partial charge in [-0.05, 0) is 18.9 Å². The van der Waals surface area contributed by atoms with Crippen molar-refractivity contribution in [3.05, 3.63) is 34.9 Å². The molecule has 1 atom stereocenters. The van der Waals surface area contributed by atoms with Gasteiger partial charge in [-0.3, -0.25) is 4.79 Å². The van der Waals surface area contributed by atoms with Crippen molar-refractivity contribution < 1.29 is 9.53 Å². The quantitative estimate of drug-likeness (QED) is 0.876. The van der Waals surface area contributed by atoms with Crippen molar-refractivity contribution in [2.24, 2.45) is 5.92 Å². The highest BCUT2D eigenvalue weighted by molar-refractivity contribution is 6.31. The minimum Gasteiger partial charge on any atom is -0.375 e. The Morgan fingerprint density at radius 1 is 1.53 bits per heavy atom. The summed E-state index contributed by atoms with van der Waals surface area (Å²) in [5.41, 5.74) is 0.910. The third kappa shape index (κ3) is 3.20. The third-order valence-electron chi connectivity index (χ3n) is 2.95. The van der Waals surface area contributed by atoms with Crippen LogP contribution in [0, 0.1) is 5.92 Å². The molecule has 92 valence electrons. The fourth-order valence-electron chi connectivity index (χ4n) is 1.74. The molecule has 3 nitrogen and oxygen atoms in total. The lowest BCUT2D eigenvalue weighted by Gasteiger charge is -2.17. The van der Waals surface area contributed by atoms with E-state index in [4.69, 9.17) is 16.3 Å². The normalized spacial score (nSPS) is 16.6. The van der Waals surface area contributed by atoms with Crippen LogP contribution in [-0.2, 0) is 9.53 Å². The number of carbonyl (C=O) groups is 1. The van der Waals surface area contributed by atoms with Gasteiger partial charge in [-0.2, -0.15) is 0 Å². The lowest BCUT2D eigenvalue weighted by molar-refractivity contribution is -0.122. The first-order chi connectivity index (χ1) is 8.22. The molecule has 0 radical (unpaired) electrons. The first-order valence-corrected chi connectivity index (χ1v) is 6.15. The number of hydrogen-bond acceptors (Lipinski definition) is 2. The van der Waals surface area contributed by atoms with Crippen LogP contribution in [0.1, 0.15) is 24.5 Å². The molecule has 1 aromatic carbocycles. The van der Waals surface area contributed by atoms with E-state index in [1.54, 1.807) is 7.11 Å². The van der Waals surface area contributed by atoms with Crippen molar-refractivity contribution >= 4 is 17.5 Å². The van der Waals surface area contributed by atoms with Crippen molar-refractivity contribution in [1.29, 1.82) is 0 Å². The van der Waals surface area contributed by atoms with Crippen LogP contribution >= 0.6 is 11.6 Å². The van der Waals surface area contributed by atoms with Gasteiger partial charge in [-0.1, -0.05) is 29.8 Å². The summed E-state index contributed by atoms with van der Waals surface area (Å²) >= 11 is 6.10. The molecule has 4 heteroatoms. The number of benzene rings is 1. The van der Waals surface area contributed by atoms with Crippen LogP contribution in [-0.4, -0.2) is 19.6 Å². The van der Waals surface area contributed by atoms with Gasteiger partial charge in [0.1, 0.15) is 6.10 Å². The number of methoxy groups -OCH3 is 1. The zero-order valence-corrected chi connectivity index (χ0v) is 10.5. The molecular weight excluding hydrogens is 238 g/mol. The second-order valence-electron chi connectivity index (χ2n) is 4.27. The molecule has 1 saturated carbocycles. The predicted molar refractivity (Wildman–Crippen MR) is 66.9 cm³/mol. The van der Waals surface area contributed by atoms with Crippen LogP contribution in [0.4, 0.5) is 0 Å². The minimum absolute atomic E-state index is 0.124. The average Bonchev–Trinajstić information content (AvgIpc) is 3.15. The van der Waals surface area contributed by atoms with Gasteiger partial charge < -0.3 is 10.1 Å². The Morgan fingerprint density at radius 2 is 2.24 bits per heavy atom. The molecule has 1 aliphatic carbocycles. The Kier molecular flexibility index (Phi) is 4.02. The van der Waals surface area contributed by atoms with Gasteiger partial charge >= 0.3 is 0 Å². The lowest BCUT2D eigenvalue weighted by atomic mass is 10.1. The fraction of sp³-hybridized carbons (Fsp3) is 0.462. The molecule has 17 heavy (non-hydrogen) atoms. The largest absolute Gasteiger partial charge is 0.375 e. The molecule has 1 aromatic rings. The Bertz CT molecular complexity index is 404. The van der Waals surface area contributed by atoms with Crippen LogP contribution in [0.3, 0.4) is 0 Å².